The molecule has 0 radical (unpaired) electrons. The van der Waals surface area contributed by atoms with Crippen LogP contribution >= 0.6 is 11.6 Å². The largest absolute Gasteiger partial charge is 0.370 e. The van der Waals surface area contributed by atoms with E-state index in [-0.39, 0.29) is 12.4 Å². The maximum Gasteiger partial charge on any atom is 0.257 e. The van der Waals surface area contributed by atoms with E-state index in [4.69, 9.17) is 26.6 Å². The molecule has 0 saturated heterocycles. The van der Waals surface area contributed by atoms with Gasteiger partial charge in [-0.15, -0.1) is 0 Å². The first kappa shape index (κ1) is 13.9. The molecule has 2 aromatic rings. The van der Waals surface area contributed by atoms with Gasteiger partial charge in [-0.2, -0.15) is 4.98 Å². The summed E-state index contributed by atoms with van der Waals surface area (Å²) in [7, 11) is 1.51. The number of hydrogen-bond donors (Lipinski definition) is 1. The monoisotopic (exact) mass is 285 g/mol. The van der Waals surface area contributed by atoms with Gasteiger partial charge in [-0.25, -0.2) is 4.39 Å². The highest BCUT2D eigenvalue weighted by molar-refractivity contribution is 6.31. The molecular formula is C12H13ClFN3O2. The van der Waals surface area contributed by atoms with Crippen LogP contribution in [0.1, 0.15) is 23.4 Å². The topological polar surface area (TPSA) is 74.2 Å². The van der Waals surface area contributed by atoms with Crippen molar-refractivity contribution in [3.63, 3.8) is 0 Å². The molecule has 1 aromatic carbocycles. The van der Waals surface area contributed by atoms with Gasteiger partial charge in [0.2, 0.25) is 0 Å². The second-order valence-electron chi connectivity index (χ2n) is 3.92. The minimum atomic E-state index is -0.426. The van der Waals surface area contributed by atoms with Gasteiger partial charge in [-0.1, -0.05) is 22.8 Å². The number of aromatic nitrogens is 2. The SMILES string of the molecule is COC(CN)c1nc(Cc2ccc(F)cc2Cl)no1. The molecule has 0 aliphatic heterocycles. The summed E-state index contributed by atoms with van der Waals surface area (Å²) in [5.74, 6) is 0.377. The summed E-state index contributed by atoms with van der Waals surface area (Å²) in [6.45, 7) is 0.245. The molecule has 7 heteroatoms. The van der Waals surface area contributed by atoms with Gasteiger partial charge < -0.3 is 15.0 Å². The van der Waals surface area contributed by atoms with Crippen LogP contribution in [0.2, 0.25) is 5.02 Å². The predicted molar refractivity (Wildman–Crippen MR) is 67.3 cm³/mol. The Morgan fingerprint density at radius 3 is 2.95 bits per heavy atom. The molecule has 0 spiro atoms. The van der Waals surface area contributed by atoms with Crippen LogP contribution in [0.4, 0.5) is 4.39 Å². The van der Waals surface area contributed by atoms with E-state index in [0.717, 1.165) is 5.56 Å². The van der Waals surface area contributed by atoms with Gasteiger partial charge >= 0.3 is 0 Å². The second-order valence-corrected chi connectivity index (χ2v) is 4.33. The highest BCUT2D eigenvalue weighted by atomic mass is 35.5. The van der Waals surface area contributed by atoms with Crippen molar-refractivity contribution in [1.82, 2.24) is 10.1 Å². The van der Waals surface area contributed by atoms with Crippen molar-refractivity contribution in [2.75, 3.05) is 13.7 Å². The molecule has 2 rings (SSSR count). The molecular weight excluding hydrogens is 273 g/mol. The van der Waals surface area contributed by atoms with Gasteiger partial charge in [0.15, 0.2) is 5.82 Å². The molecule has 1 heterocycles. The van der Waals surface area contributed by atoms with Gasteiger partial charge in [0.1, 0.15) is 11.9 Å². The smallest absolute Gasteiger partial charge is 0.257 e. The Labute approximate surface area is 114 Å². The van der Waals surface area contributed by atoms with E-state index in [9.17, 15) is 4.39 Å². The quantitative estimate of drug-likeness (QED) is 0.910. The van der Waals surface area contributed by atoms with Crippen LogP contribution in [0.3, 0.4) is 0 Å². The summed E-state index contributed by atoms with van der Waals surface area (Å²) >= 11 is 5.93. The van der Waals surface area contributed by atoms with Crippen molar-refractivity contribution in [3.05, 3.63) is 46.3 Å². The zero-order chi connectivity index (χ0) is 13.8. The van der Waals surface area contributed by atoms with Crippen LogP contribution in [-0.4, -0.2) is 23.8 Å². The number of hydrogen-bond acceptors (Lipinski definition) is 5. The maximum atomic E-state index is 12.9. The molecule has 1 atom stereocenters. The molecule has 1 unspecified atom stereocenters. The number of benzene rings is 1. The zero-order valence-corrected chi connectivity index (χ0v) is 11.0. The van der Waals surface area contributed by atoms with Crippen LogP contribution < -0.4 is 5.73 Å². The van der Waals surface area contributed by atoms with Crippen molar-refractivity contribution in [2.24, 2.45) is 5.73 Å². The van der Waals surface area contributed by atoms with Crippen molar-refractivity contribution >= 4 is 11.6 Å². The molecule has 5 nitrogen and oxygen atoms in total. The first-order chi connectivity index (χ1) is 9.13. The molecule has 2 N–H and O–H groups in total. The first-order valence-electron chi connectivity index (χ1n) is 5.63. The highest BCUT2D eigenvalue weighted by Gasteiger charge is 2.17. The summed E-state index contributed by atoms with van der Waals surface area (Å²) in [5, 5.41) is 4.15. The van der Waals surface area contributed by atoms with Crippen LogP contribution in [0, 0.1) is 5.82 Å². The van der Waals surface area contributed by atoms with Crippen LogP contribution in [0.25, 0.3) is 0 Å². The number of methoxy groups -OCH3 is 1. The summed E-state index contributed by atoms with van der Waals surface area (Å²) < 4.78 is 23.1. The van der Waals surface area contributed by atoms with Crippen LogP contribution in [0.15, 0.2) is 22.7 Å². The van der Waals surface area contributed by atoms with E-state index in [2.05, 4.69) is 10.1 Å². The standard InChI is InChI=1S/C12H13ClFN3O2/c1-18-10(6-15)12-16-11(17-19-12)4-7-2-3-8(14)5-9(7)13/h2-3,5,10H,4,6,15H2,1H3. The second kappa shape index (κ2) is 6.10. The summed E-state index contributed by atoms with van der Waals surface area (Å²) in [4.78, 5) is 4.18. The fourth-order valence-electron chi connectivity index (χ4n) is 1.60. The molecule has 0 aliphatic carbocycles. The van der Waals surface area contributed by atoms with Crippen molar-refractivity contribution in [1.29, 1.82) is 0 Å². The lowest BCUT2D eigenvalue weighted by Crippen LogP contribution is -2.14. The fraction of sp³-hybridized carbons (Fsp3) is 0.333. The third-order valence-electron chi connectivity index (χ3n) is 2.62. The maximum absolute atomic E-state index is 12.9. The average Bonchev–Trinajstić information content (AvgIpc) is 2.83. The van der Waals surface area contributed by atoms with E-state index in [0.29, 0.717) is 23.2 Å². The van der Waals surface area contributed by atoms with Crippen molar-refractivity contribution in [3.8, 4) is 0 Å². The lowest BCUT2D eigenvalue weighted by molar-refractivity contribution is 0.0804. The molecule has 0 bridgehead atoms. The number of nitrogens with two attached hydrogens (primary N) is 1. The zero-order valence-electron chi connectivity index (χ0n) is 10.3. The van der Waals surface area contributed by atoms with Gasteiger partial charge in [0.25, 0.3) is 5.89 Å². The van der Waals surface area contributed by atoms with E-state index in [1.807, 2.05) is 0 Å². The van der Waals surface area contributed by atoms with Crippen molar-refractivity contribution < 1.29 is 13.7 Å². The number of halogens is 2. The third kappa shape index (κ3) is 3.28. The summed E-state index contributed by atoms with van der Waals surface area (Å²) in [5.41, 5.74) is 6.22. The molecule has 0 aliphatic rings. The molecule has 102 valence electrons. The number of nitrogens with zero attached hydrogens (tertiary/aromatic N) is 2. The van der Waals surface area contributed by atoms with E-state index < -0.39 is 6.10 Å². The van der Waals surface area contributed by atoms with E-state index in [1.54, 1.807) is 6.07 Å². The summed E-state index contributed by atoms with van der Waals surface area (Å²) in [6.07, 6.45) is -0.0752. The minimum absolute atomic E-state index is 0.245. The lowest BCUT2D eigenvalue weighted by atomic mass is 10.1. The molecule has 1 aromatic heterocycles. The predicted octanol–water partition coefficient (Wildman–Crippen LogP) is 2.10. The van der Waals surface area contributed by atoms with Gasteiger partial charge in [0.05, 0.1) is 0 Å². The Balaban J connectivity index is 2.15. The fourth-order valence-corrected chi connectivity index (χ4v) is 1.84. The molecule has 0 amide bonds. The Hall–Kier alpha value is -1.50. The van der Waals surface area contributed by atoms with Crippen LogP contribution in [0.5, 0.6) is 0 Å². The third-order valence-corrected chi connectivity index (χ3v) is 2.97. The van der Waals surface area contributed by atoms with Crippen molar-refractivity contribution in [2.45, 2.75) is 12.5 Å². The Bertz CT molecular complexity index is 558. The Kier molecular flexibility index (Phi) is 4.47. The first-order valence-corrected chi connectivity index (χ1v) is 6.01. The van der Waals surface area contributed by atoms with Gasteiger partial charge in [-0.3, -0.25) is 0 Å². The van der Waals surface area contributed by atoms with Gasteiger partial charge in [-0.05, 0) is 17.7 Å². The average molecular weight is 286 g/mol. The molecule has 0 saturated carbocycles. The van der Waals surface area contributed by atoms with E-state index >= 15 is 0 Å². The molecule has 0 fully saturated rings. The van der Waals surface area contributed by atoms with Gasteiger partial charge in [0, 0.05) is 25.1 Å². The normalized spacial score (nSPS) is 12.6. The summed E-state index contributed by atoms with van der Waals surface area (Å²) in [6, 6.07) is 4.17. The minimum Gasteiger partial charge on any atom is -0.370 e. The Morgan fingerprint density at radius 2 is 2.32 bits per heavy atom. The van der Waals surface area contributed by atoms with Crippen LogP contribution in [-0.2, 0) is 11.2 Å². The number of ether oxygens (including phenoxy) is 1. The highest BCUT2D eigenvalue weighted by Crippen LogP contribution is 2.20. The van der Waals surface area contributed by atoms with E-state index in [1.165, 1.54) is 19.2 Å². The molecule has 19 heavy (non-hydrogen) atoms. The lowest BCUT2D eigenvalue weighted by Gasteiger charge is -2.05. The Morgan fingerprint density at radius 1 is 1.53 bits per heavy atom. The number of rotatable bonds is 5.